The average molecular weight is 376 g/mol. The summed E-state index contributed by atoms with van der Waals surface area (Å²) >= 11 is 0. The molecule has 2 aromatic carbocycles. The Labute approximate surface area is 162 Å². The third kappa shape index (κ3) is 3.44. The molecular weight excluding hydrogens is 356 g/mol. The summed E-state index contributed by atoms with van der Waals surface area (Å²) in [6, 6.07) is 15.8. The van der Waals surface area contributed by atoms with Gasteiger partial charge in [0.25, 0.3) is 5.95 Å². The van der Waals surface area contributed by atoms with E-state index < -0.39 is 0 Å². The Morgan fingerprint density at radius 1 is 1.00 bits per heavy atom. The summed E-state index contributed by atoms with van der Waals surface area (Å²) in [6.07, 6.45) is 0. The predicted octanol–water partition coefficient (Wildman–Crippen LogP) is 3.37. The summed E-state index contributed by atoms with van der Waals surface area (Å²) in [5, 5.41) is 18.0. The van der Waals surface area contributed by atoms with Crippen LogP contribution in [0.2, 0.25) is 0 Å². The van der Waals surface area contributed by atoms with Crippen LogP contribution in [0.1, 0.15) is 5.89 Å². The second-order valence-corrected chi connectivity index (χ2v) is 6.41. The Morgan fingerprint density at radius 2 is 1.75 bits per heavy atom. The second kappa shape index (κ2) is 7.51. The van der Waals surface area contributed by atoms with E-state index in [0.29, 0.717) is 24.2 Å². The monoisotopic (exact) mass is 376 g/mol. The highest BCUT2D eigenvalue weighted by Crippen LogP contribution is 2.30. The molecular formula is C20H20N6O2. The summed E-state index contributed by atoms with van der Waals surface area (Å²) < 4.78 is 10.5. The number of hydrogen-bond donors (Lipinski definition) is 1. The van der Waals surface area contributed by atoms with Crippen LogP contribution in [0.3, 0.4) is 0 Å². The first-order valence-electron chi connectivity index (χ1n) is 8.79. The number of ether oxygens (including phenoxy) is 1. The molecule has 0 aliphatic heterocycles. The minimum absolute atomic E-state index is 0.362. The van der Waals surface area contributed by atoms with E-state index in [2.05, 4.69) is 25.7 Å². The van der Waals surface area contributed by atoms with Gasteiger partial charge >= 0.3 is 0 Å². The van der Waals surface area contributed by atoms with Gasteiger partial charge in [0, 0.05) is 30.4 Å². The average Bonchev–Trinajstić information content (AvgIpc) is 3.21. The number of aromatic nitrogens is 4. The van der Waals surface area contributed by atoms with Crippen molar-refractivity contribution in [3.63, 3.8) is 0 Å². The predicted molar refractivity (Wildman–Crippen MR) is 107 cm³/mol. The molecule has 8 heteroatoms. The van der Waals surface area contributed by atoms with Crippen LogP contribution in [0, 0.1) is 0 Å². The van der Waals surface area contributed by atoms with Crippen molar-refractivity contribution in [1.82, 2.24) is 20.3 Å². The van der Waals surface area contributed by atoms with Crippen LogP contribution in [0.4, 0.5) is 11.8 Å². The van der Waals surface area contributed by atoms with E-state index in [4.69, 9.17) is 9.26 Å². The van der Waals surface area contributed by atoms with Gasteiger partial charge in [0.1, 0.15) is 11.4 Å². The fraction of sp³-hybridized carbons (Fsp3) is 0.200. The van der Waals surface area contributed by atoms with Crippen molar-refractivity contribution in [1.29, 1.82) is 0 Å². The molecule has 0 amide bonds. The van der Waals surface area contributed by atoms with Gasteiger partial charge in [-0.2, -0.15) is 4.98 Å². The van der Waals surface area contributed by atoms with Gasteiger partial charge in [-0.15, -0.1) is 10.2 Å². The zero-order valence-corrected chi connectivity index (χ0v) is 15.9. The maximum absolute atomic E-state index is 5.25. The summed E-state index contributed by atoms with van der Waals surface area (Å²) in [5.41, 5.74) is 1.79. The summed E-state index contributed by atoms with van der Waals surface area (Å²) in [5.74, 6) is 2.48. The van der Waals surface area contributed by atoms with Crippen LogP contribution >= 0.6 is 0 Å². The van der Waals surface area contributed by atoms with Gasteiger partial charge in [-0.1, -0.05) is 24.3 Å². The Hall–Kier alpha value is -3.68. The maximum Gasteiger partial charge on any atom is 0.265 e. The van der Waals surface area contributed by atoms with Crippen molar-refractivity contribution in [3.05, 3.63) is 54.4 Å². The van der Waals surface area contributed by atoms with Gasteiger partial charge in [0.15, 0.2) is 5.82 Å². The Balaban J connectivity index is 1.64. The van der Waals surface area contributed by atoms with E-state index in [0.717, 1.165) is 27.8 Å². The molecule has 0 saturated heterocycles. The van der Waals surface area contributed by atoms with Crippen molar-refractivity contribution in [3.8, 4) is 17.0 Å². The number of rotatable bonds is 6. The molecule has 2 heterocycles. The lowest BCUT2D eigenvalue weighted by Crippen LogP contribution is -2.10. The molecule has 0 aliphatic rings. The van der Waals surface area contributed by atoms with Crippen LogP contribution in [0.15, 0.2) is 53.1 Å². The number of hydrogen-bond acceptors (Lipinski definition) is 8. The summed E-state index contributed by atoms with van der Waals surface area (Å²) in [7, 11) is 5.37. The molecule has 0 radical (unpaired) electrons. The molecule has 0 atom stereocenters. The number of anilines is 2. The molecule has 0 aliphatic carbocycles. The number of methoxy groups -OCH3 is 1. The maximum atomic E-state index is 5.25. The van der Waals surface area contributed by atoms with Crippen molar-refractivity contribution in [2.45, 2.75) is 6.54 Å². The van der Waals surface area contributed by atoms with Crippen LogP contribution < -0.4 is 15.0 Å². The highest BCUT2D eigenvalue weighted by molar-refractivity contribution is 6.00. The molecule has 2 aromatic heterocycles. The first-order valence-corrected chi connectivity index (χ1v) is 8.79. The smallest absolute Gasteiger partial charge is 0.265 e. The van der Waals surface area contributed by atoms with Crippen molar-refractivity contribution in [2.75, 3.05) is 31.4 Å². The standard InChI is InChI=1S/C20H20N6O2/c1-26(2)20-22-17(28-25-20)12-21-19-16-7-5-4-6-15(16)18(23-24-19)13-8-10-14(27-3)11-9-13/h4-11H,12H2,1-3H3,(H,21,24). The molecule has 4 rings (SSSR count). The third-order valence-electron chi connectivity index (χ3n) is 4.32. The molecule has 0 bridgehead atoms. The minimum Gasteiger partial charge on any atom is -0.497 e. The molecule has 1 N–H and O–H groups in total. The quantitative estimate of drug-likeness (QED) is 0.548. The minimum atomic E-state index is 0.362. The SMILES string of the molecule is COc1ccc(-c2nnc(NCc3nc(N(C)C)no3)c3ccccc23)cc1. The number of nitrogens with one attached hydrogen (secondary N) is 1. The number of benzene rings is 2. The molecule has 0 spiro atoms. The summed E-state index contributed by atoms with van der Waals surface area (Å²) in [6.45, 7) is 0.362. The molecule has 4 aromatic rings. The highest BCUT2D eigenvalue weighted by atomic mass is 16.5. The molecule has 8 nitrogen and oxygen atoms in total. The molecule has 28 heavy (non-hydrogen) atoms. The van der Waals surface area contributed by atoms with Crippen LogP contribution in [-0.4, -0.2) is 41.5 Å². The lowest BCUT2D eigenvalue weighted by Gasteiger charge is -2.10. The van der Waals surface area contributed by atoms with E-state index in [9.17, 15) is 0 Å². The van der Waals surface area contributed by atoms with Crippen molar-refractivity contribution < 1.29 is 9.26 Å². The Morgan fingerprint density at radius 3 is 2.43 bits per heavy atom. The number of fused-ring (bicyclic) bond motifs is 1. The first-order chi connectivity index (χ1) is 13.7. The van der Waals surface area contributed by atoms with Gasteiger partial charge < -0.3 is 19.5 Å². The highest BCUT2D eigenvalue weighted by Gasteiger charge is 2.13. The van der Waals surface area contributed by atoms with Crippen molar-refractivity contribution in [2.24, 2.45) is 0 Å². The number of nitrogens with zero attached hydrogens (tertiary/aromatic N) is 5. The molecule has 0 saturated carbocycles. The van der Waals surface area contributed by atoms with Crippen molar-refractivity contribution >= 4 is 22.5 Å². The van der Waals surface area contributed by atoms with Crippen LogP contribution in [-0.2, 0) is 6.54 Å². The van der Waals surface area contributed by atoms with E-state index in [1.807, 2.05) is 62.6 Å². The fourth-order valence-corrected chi connectivity index (χ4v) is 2.86. The topological polar surface area (TPSA) is 89.2 Å². The fourth-order valence-electron chi connectivity index (χ4n) is 2.86. The van der Waals surface area contributed by atoms with E-state index >= 15 is 0 Å². The lowest BCUT2D eigenvalue weighted by molar-refractivity contribution is 0.383. The Kier molecular flexibility index (Phi) is 4.76. The van der Waals surface area contributed by atoms with Gasteiger partial charge in [-0.05, 0) is 29.4 Å². The van der Waals surface area contributed by atoms with Gasteiger partial charge in [0.2, 0.25) is 5.89 Å². The van der Waals surface area contributed by atoms with Gasteiger partial charge in [-0.25, -0.2) is 0 Å². The van der Waals surface area contributed by atoms with E-state index in [1.54, 1.807) is 12.0 Å². The lowest BCUT2D eigenvalue weighted by atomic mass is 10.0. The zero-order valence-electron chi connectivity index (χ0n) is 15.9. The normalized spacial score (nSPS) is 10.8. The molecule has 0 unspecified atom stereocenters. The second-order valence-electron chi connectivity index (χ2n) is 6.41. The van der Waals surface area contributed by atoms with E-state index in [1.165, 1.54) is 0 Å². The van der Waals surface area contributed by atoms with Gasteiger partial charge in [-0.3, -0.25) is 0 Å². The third-order valence-corrected chi connectivity index (χ3v) is 4.32. The first kappa shape index (κ1) is 17.7. The molecule has 0 fully saturated rings. The Bertz CT molecular complexity index is 1090. The van der Waals surface area contributed by atoms with Crippen LogP contribution in [0.25, 0.3) is 22.0 Å². The molecule has 142 valence electrons. The zero-order chi connectivity index (χ0) is 19.5. The van der Waals surface area contributed by atoms with Crippen LogP contribution in [0.5, 0.6) is 5.75 Å². The summed E-state index contributed by atoms with van der Waals surface area (Å²) in [4.78, 5) is 6.10. The largest absolute Gasteiger partial charge is 0.497 e. The van der Waals surface area contributed by atoms with E-state index in [-0.39, 0.29) is 0 Å². The van der Waals surface area contributed by atoms with Gasteiger partial charge in [0.05, 0.1) is 13.7 Å².